The smallest absolute Gasteiger partial charge is 0.257 e. The predicted molar refractivity (Wildman–Crippen MR) is 136 cm³/mol. The zero-order chi connectivity index (χ0) is 23.8. The Labute approximate surface area is 204 Å². The molecule has 0 aliphatic carbocycles. The molecule has 0 aliphatic heterocycles. The molecule has 10 heteroatoms. The Hall–Kier alpha value is -3.89. The van der Waals surface area contributed by atoms with E-state index in [-0.39, 0.29) is 16.8 Å². The van der Waals surface area contributed by atoms with Crippen LogP contribution in [0.5, 0.6) is 5.75 Å². The molecule has 0 saturated carbocycles. The highest BCUT2D eigenvalue weighted by molar-refractivity contribution is 7.80. The summed E-state index contributed by atoms with van der Waals surface area (Å²) in [6, 6.07) is 14.3. The fourth-order valence-electron chi connectivity index (χ4n) is 3.58. The molecule has 0 aliphatic rings. The molecule has 2 aromatic heterocycles. The molecular formula is C24H19N5O3S2. The van der Waals surface area contributed by atoms with E-state index in [1.165, 1.54) is 0 Å². The molecule has 0 bridgehead atoms. The first-order valence-corrected chi connectivity index (χ1v) is 11.6. The minimum atomic E-state index is -0.367. The van der Waals surface area contributed by atoms with Gasteiger partial charge in [0.25, 0.3) is 5.91 Å². The van der Waals surface area contributed by atoms with Crippen LogP contribution in [0.1, 0.15) is 28.4 Å². The average Bonchev–Trinajstić information content (AvgIpc) is 3.46. The van der Waals surface area contributed by atoms with Crippen molar-refractivity contribution < 1.29 is 14.3 Å². The molecule has 0 spiro atoms. The third-order valence-electron chi connectivity index (χ3n) is 5.39. The van der Waals surface area contributed by atoms with Crippen molar-refractivity contribution in [1.29, 1.82) is 0 Å². The number of oxazole rings is 1. The normalized spacial score (nSPS) is 11.1. The van der Waals surface area contributed by atoms with Gasteiger partial charge in [0, 0.05) is 11.3 Å². The van der Waals surface area contributed by atoms with Gasteiger partial charge in [0.05, 0.1) is 17.3 Å². The molecule has 0 saturated heterocycles. The lowest BCUT2D eigenvalue weighted by atomic mass is 10.1. The van der Waals surface area contributed by atoms with Crippen LogP contribution in [-0.4, -0.2) is 29.9 Å². The van der Waals surface area contributed by atoms with Crippen molar-refractivity contribution in [2.45, 2.75) is 20.3 Å². The molecule has 0 atom stereocenters. The lowest BCUT2D eigenvalue weighted by Gasteiger charge is -2.12. The van der Waals surface area contributed by atoms with Crippen molar-refractivity contribution in [3.63, 3.8) is 0 Å². The molecule has 1 amide bonds. The molecule has 3 aromatic carbocycles. The van der Waals surface area contributed by atoms with Crippen LogP contribution in [0.15, 0.2) is 52.9 Å². The molecule has 2 heterocycles. The van der Waals surface area contributed by atoms with Gasteiger partial charge in [-0.3, -0.25) is 10.1 Å². The summed E-state index contributed by atoms with van der Waals surface area (Å²) < 4.78 is 14.2. The highest BCUT2D eigenvalue weighted by Crippen LogP contribution is 2.36. The molecule has 0 fully saturated rings. The maximum Gasteiger partial charge on any atom is 0.257 e. The monoisotopic (exact) mass is 489 g/mol. The number of aromatic nitrogens is 3. The van der Waals surface area contributed by atoms with E-state index in [2.05, 4.69) is 31.3 Å². The van der Waals surface area contributed by atoms with Crippen LogP contribution in [0, 0.1) is 6.92 Å². The summed E-state index contributed by atoms with van der Waals surface area (Å²) in [6.45, 7) is 3.84. The van der Waals surface area contributed by atoms with Crippen LogP contribution in [-0.2, 0) is 6.42 Å². The quantitative estimate of drug-likeness (QED) is 0.233. The van der Waals surface area contributed by atoms with E-state index in [1.807, 2.05) is 18.2 Å². The number of aromatic hydroxyl groups is 1. The summed E-state index contributed by atoms with van der Waals surface area (Å²) in [6.07, 6.45) is 0.888. The Morgan fingerprint density at radius 1 is 1.09 bits per heavy atom. The molecule has 0 unspecified atom stereocenters. The Kier molecular flexibility index (Phi) is 5.68. The van der Waals surface area contributed by atoms with Crippen LogP contribution in [0.25, 0.3) is 33.6 Å². The van der Waals surface area contributed by atoms with Crippen LogP contribution < -0.4 is 10.6 Å². The van der Waals surface area contributed by atoms with Gasteiger partial charge in [0.15, 0.2) is 10.7 Å². The summed E-state index contributed by atoms with van der Waals surface area (Å²) in [5.74, 6) is -0.00520. The standard InChI is InChI=1S/C24H19N5O3S2/c1-3-13-4-7-20-19(9-13)26-23(32-20)16-11-15(8-12(2)21(16)30)25-24(33)27-22(31)14-5-6-17-18(10-14)29-34-28-17/h4-11,30H,3H2,1-2H3,(H2,25,27,31,33). The van der Waals surface area contributed by atoms with Gasteiger partial charge >= 0.3 is 0 Å². The first-order valence-electron chi connectivity index (χ1n) is 10.5. The number of nitrogens with zero attached hydrogens (tertiary/aromatic N) is 3. The van der Waals surface area contributed by atoms with Gasteiger partial charge in [-0.1, -0.05) is 13.0 Å². The zero-order valence-corrected chi connectivity index (χ0v) is 19.9. The number of hydrogen-bond acceptors (Lipinski definition) is 8. The van der Waals surface area contributed by atoms with Crippen molar-refractivity contribution in [3.05, 3.63) is 65.2 Å². The summed E-state index contributed by atoms with van der Waals surface area (Å²) in [4.78, 5) is 17.2. The second kappa shape index (κ2) is 8.81. The first-order chi connectivity index (χ1) is 16.4. The lowest BCUT2D eigenvalue weighted by Crippen LogP contribution is -2.34. The topological polar surface area (TPSA) is 113 Å². The molecule has 170 valence electrons. The molecule has 5 rings (SSSR count). The molecule has 0 radical (unpaired) electrons. The number of anilines is 1. The van der Waals surface area contributed by atoms with Gasteiger partial charge in [-0.25, -0.2) is 4.98 Å². The van der Waals surface area contributed by atoms with Crippen molar-refractivity contribution in [2.24, 2.45) is 0 Å². The minimum Gasteiger partial charge on any atom is -0.507 e. The Bertz CT molecular complexity index is 1570. The van der Waals surface area contributed by atoms with Crippen molar-refractivity contribution >= 4 is 62.8 Å². The molecule has 34 heavy (non-hydrogen) atoms. The minimum absolute atomic E-state index is 0.0629. The van der Waals surface area contributed by atoms with Crippen molar-refractivity contribution in [2.75, 3.05) is 5.32 Å². The molecule has 5 aromatic rings. The summed E-state index contributed by atoms with van der Waals surface area (Å²) >= 11 is 6.43. The Balaban J connectivity index is 1.38. The average molecular weight is 490 g/mol. The number of benzene rings is 3. The number of phenols is 1. The number of rotatable bonds is 4. The van der Waals surface area contributed by atoms with E-state index in [0.29, 0.717) is 39.4 Å². The van der Waals surface area contributed by atoms with Gasteiger partial charge in [-0.2, -0.15) is 8.75 Å². The van der Waals surface area contributed by atoms with E-state index in [1.54, 1.807) is 37.3 Å². The number of hydrogen-bond donors (Lipinski definition) is 3. The number of aryl methyl sites for hydroxylation is 2. The largest absolute Gasteiger partial charge is 0.507 e. The van der Waals surface area contributed by atoms with Crippen LogP contribution >= 0.6 is 23.9 Å². The van der Waals surface area contributed by atoms with Crippen LogP contribution in [0.3, 0.4) is 0 Å². The zero-order valence-electron chi connectivity index (χ0n) is 18.2. The number of amides is 1. The van der Waals surface area contributed by atoms with Gasteiger partial charge in [-0.05, 0) is 79.2 Å². The van der Waals surface area contributed by atoms with Gasteiger partial charge in [0.1, 0.15) is 22.3 Å². The number of thiocarbonyl (C=S) groups is 1. The lowest BCUT2D eigenvalue weighted by molar-refractivity contribution is 0.0978. The highest BCUT2D eigenvalue weighted by Gasteiger charge is 2.17. The van der Waals surface area contributed by atoms with Crippen LogP contribution in [0.4, 0.5) is 5.69 Å². The Morgan fingerprint density at radius 2 is 1.91 bits per heavy atom. The highest BCUT2D eigenvalue weighted by atomic mass is 32.1. The maximum absolute atomic E-state index is 12.6. The molecule has 3 N–H and O–H groups in total. The van der Waals surface area contributed by atoms with Crippen molar-refractivity contribution in [3.8, 4) is 17.2 Å². The summed E-state index contributed by atoms with van der Waals surface area (Å²) in [7, 11) is 0. The molecular weight excluding hydrogens is 470 g/mol. The van der Waals surface area contributed by atoms with E-state index in [4.69, 9.17) is 16.6 Å². The number of carbonyl (C=O) groups is 1. The fraction of sp³-hybridized carbons (Fsp3) is 0.125. The number of carbonyl (C=O) groups excluding carboxylic acids is 1. The number of fused-ring (bicyclic) bond motifs is 2. The van der Waals surface area contributed by atoms with Crippen molar-refractivity contribution in [1.82, 2.24) is 19.0 Å². The van der Waals surface area contributed by atoms with Gasteiger partial charge in [-0.15, -0.1) is 0 Å². The van der Waals surface area contributed by atoms with E-state index in [9.17, 15) is 9.90 Å². The molecule has 8 nitrogen and oxygen atoms in total. The van der Waals surface area contributed by atoms with E-state index in [0.717, 1.165) is 34.7 Å². The second-order valence-corrected chi connectivity index (χ2v) is 8.68. The second-order valence-electron chi connectivity index (χ2n) is 7.74. The first kappa shape index (κ1) is 21.9. The van der Waals surface area contributed by atoms with E-state index >= 15 is 0 Å². The Morgan fingerprint density at radius 3 is 2.74 bits per heavy atom. The SMILES string of the molecule is CCc1ccc2oc(-c3cc(NC(=S)NC(=O)c4ccc5nsnc5c4)cc(C)c3O)nc2c1. The van der Waals surface area contributed by atoms with Gasteiger partial charge in [0.2, 0.25) is 5.89 Å². The number of phenolic OH excluding ortho intramolecular Hbond substituents is 1. The van der Waals surface area contributed by atoms with Gasteiger partial charge < -0.3 is 14.8 Å². The third-order valence-corrected chi connectivity index (χ3v) is 6.15. The van der Waals surface area contributed by atoms with E-state index < -0.39 is 0 Å². The third kappa shape index (κ3) is 4.20. The summed E-state index contributed by atoms with van der Waals surface area (Å²) in [5, 5.41) is 16.4. The summed E-state index contributed by atoms with van der Waals surface area (Å²) in [5.41, 5.74) is 5.92. The number of nitrogens with one attached hydrogen (secondary N) is 2. The predicted octanol–water partition coefficient (Wildman–Crippen LogP) is 5.20. The fourth-order valence-corrected chi connectivity index (χ4v) is 4.31. The maximum atomic E-state index is 12.6. The van der Waals surface area contributed by atoms with Crippen LogP contribution in [0.2, 0.25) is 0 Å².